The molecule has 0 amide bonds. The molecular formula is C16H18BrNS. The first-order valence-corrected chi connectivity index (χ1v) is 8.02. The lowest BCUT2D eigenvalue weighted by molar-refractivity contribution is 0.633. The van der Waals surface area contributed by atoms with Crippen molar-refractivity contribution in [3.63, 3.8) is 0 Å². The number of rotatable bonds is 5. The Labute approximate surface area is 127 Å². The van der Waals surface area contributed by atoms with Crippen molar-refractivity contribution in [3.8, 4) is 10.4 Å². The van der Waals surface area contributed by atoms with E-state index in [4.69, 9.17) is 0 Å². The van der Waals surface area contributed by atoms with Crippen molar-refractivity contribution in [1.82, 2.24) is 5.32 Å². The lowest BCUT2D eigenvalue weighted by Crippen LogP contribution is -2.22. The van der Waals surface area contributed by atoms with E-state index in [1.54, 1.807) is 0 Å². The predicted octanol–water partition coefficient (Wildman–Crippen LogP) is 5.19. The molecule has 0 aliphatic carbocycles. The highest BCUT2D eigenvalue weighted by Gasteiger charge is 2.01. The van der Waals surface area contributed by atoms with E-state index < -0.39 is 0 Å². The van der Waals surface area contributed by atoms with E-state index in [1.165, 1.54) is 15.3 Å². The van der Waals surface area contributed by atoms with Gasteiger partial charge in [0.05, 0.1) is 0 Å². The number of hydrogen-bond acceptors (Lipinski definition) is 2. The van der Waals surface area contributed by atoms with Crippen LogP contribution in [0.3, 0.4) is 0 Å². The summed E-state index contributed by atoms with van der Waals surface area (Å²) in [5.74, 6) is 0. The van der Waals surface area contributed by atoms with E-state index in [-0.39, 0.29) is 0 Å². The molecule has 2 aromatic rings. The fourth-order valence-electron chi connectivity index (χ4n) is 1.72. The minimum absolute atomic E-state index is 0.533. The van der Waals surface area contributed by atoms with Gasteiger partial charge in [0.25, 0.3) is 0 Å². The summed E-state index contributed by atoms with van der Waals surface area (Å²) in [7, 11) is 0. The van der Waals surface area contributed by atoms with Crippen LogP contribution in [0.2, 0.25) is 0 Å². The van der Waals surface area contributed by atoms with E-state index in [0.717, 1.165) is 11.0 Å². The van der Waals surface area contributed by atoms with Crippen molar-refractivity contribution in [1.29, 1.82) is 0 Å². The zero-order chi connectivity index (χ0) is 13.7. The SMILES string of the molecule is CC(C)NCC=Cc1ccc(-c2cccc(Br)c2)s1. The average Bonchev–Trinajstić information content (AvgIpc) is 2.83. The molecule has 100 valence electrons. The minimum Gasteiger partial charge on any atom is -0.311 e. The largest absolute Gasteiger partial charge is 0.311 e. The number of nitrogens with one attached hydrogen (secondary N) is 1. The maximum absolute atomic E-state index is 3.51. The summed E-state index contributed by atoms with van der Waals surface area (Å²) in [5, 5.41) is 3.37. The second-order valence-electron chi connectivity index (χ2n) is 4.68. The van der Waals surface area contributed by atoms with Crippen LogP contribution in [0.4, 0.5) is 0 Å². The standard InChI is InChI=1S/C16H18BrNS/c1-12(2)18-10-4-7-15-8-9-16(19-15)13-5-3-6-14(17)11-13/h3-9,11-12,18H,10H2,1-2H3. The van der Waals surface area contributed by atoms with Gasteiger partial charge < -0.3 is 5.32 Å². The first-order valence-electron chi connectivity index (χ1n) is 6.41. The van der Waals surface area contributed by atoms with Crippen molar-refractivity contribution in [2.24, 2.45) is 0 Å². The van der Waals surface area contributed by atoms with Crippen LogP contribution in [0.1, 0.15) is 18.7 Å². The Morgan fingerprint density at radius 3 is 2.84 bits per heavy atom. The molecule has 0 unspecified atom stereocenters. The molecule has 0 spiro atoms. The van der Waals surface area contributed by atoms with Gasteiger partial charge in [-0.05, 0) is 35.9 Å². The molecule has 0 bridgehead atoms. The average molecular weight is 336 g/mol. The van der Waals surface area contributed by atoms with E-state index in [1.807, 2.05) is 11.3 Å². The monoisotopic (exact) mass is 335 g/mol. The second kappa shape index (κ2) is 7.04. The summed E-state index contributed by atoms with van der Waals surface area (Å²) in [4.78, 5) is 2.60. The zero-order valence-corrected chi connectivity index (χ0v) is 13.6. The normalized spacial score (nSPS) is 11.6. The smallest absolute Gasteiger partial charge is 0.0349 e. The van der Waals surface area contributed by atoms with Gasteiger partial charge in [-0.25, -0.2) is 0 Å². The third-order valence-electron chi connectivity index (χ3n) is 2.66. The Kier molecular flexibility index (Phi) is 5.37. The van der Waals surface area contributed by atoms with Crippen LogP contribution in [0.25, 0.3) is 16.5 Å². The highest BCUT2D eigenvalue weighted by atomic mass is 79.9. The molecule has 0 fully saturated rings. The number of benzene rings is 1. The highest BCUT2D eigenvalue weighted by molar-refractivity contribution is 9.10. The first-order chi connectivity index (χ1) is 9.15. The Hall–Kier alpha value is -0.900. The maximum Gasteiger partial charge on any atom is 0.0349 e. The van der Waals surface area contributed by atoms with Gasteiger partial charge in [0, 0.05) is 26.8 Å². The van der Waals surface area contributed by atoms with Crippen LogP contribution >= 0.6 is 27.3 Å². The molecule has 1 aromatic carbocycles. The molecule has 0 aliphatic rings. The third kappa shape index (κ3) is 4.60. The molecule has 0 aliphatic heterocycles. The van der Waals surface area contributed by atoms with Crippen molar-refractivity contribution >= 4 is 33.3 Å². The topological polar surface area (TPSA) is 12.0 Å². The summed E-state index contributed by atoms with van der Waals surface area (Å²) < 4.78 is 1.12. The minimum atomic E-state index is 0.533. The fourth-order valence-corrected chi connectivity index (χ4v) is 3.05. The summed E-state index contributed by atoms with van der Waals surface area (Å²) in [6.07, 6.45) is 4.36. The fraction of sp³-hybridized carbons (Fsp3) is 0.250. The van der Waals surface area contributed by atoms with Crippen LogP contribution in [0.15, 0.2) is 46.9 Å². The lowest BCUT2D eigenvalue weighted by Gasteiger charge is -2.02. The van der Waals surface area contributed by atoms with Crippen molar-refractivity contribution in [2.45, 2.75) is 19.9 Å². The Morgan fingerprint density at radius 1 is 1.26 bits per heavy atom. The Morgan fingerprint density at radius 2 is 2.11 bits per heavy atom. The van der Waals surface area contributed by atoms with Crippen LogP contribution in [-0.2, 0) is 0 Å². The first kappa shape index (κ1) is 14.5. The second-order valence-corrected chi connectivity index (χ2v) is 6.71. The summed E-state index contributed by atoms with van der Waals surface area (Å²) >= 11 is 5.33. The molecule has 1 nitrogen and oxygen atoms in total. The molecule has 2 rings (SSSR count). The number of thiophene rings is 1. The maximum atomic E-state index is 3.51. The third-order valence-corrected chi connectivity index (χ3v) is 4.25. The van der Waals surface area contributed by atoms with Crippen molar-refractivity contribution in [2.75, 3.05) is 6.54 Å². The molecule has 19 heavy (non-hydrogen) atoms. The highest BCUT2D eigenvalue weighted by Crippen LogP contribution is 2.30. The van der Waals surface area contributed by atoms with E-state index in [2.05, 4.69) is 83.6 Å². The predicted molar refractivity (Wildman–Crippen MR) is 89.6 cm³/mol. The lowest BCUT2D eigenvalue weighted by atomic mass is 10.2. The Bertz CT molecular complexity index is 557. The molecule has 1 heterocycles. The molecule has 0 saturated carbocycles. The van der Waals surface area contributed by atoms with Crippen LogP contribution in [0, 0.1) is 0 Å². The van der Waals surface area contributed by atoms with E-state index in [0.29, 0.717) is 6.04 Å². The van der Waals surface area contributed by atoms with Crippen LogP contribution in [-0.4, -0.2) is 12.6 Å². The molecule has 0 radical (unpaired) electrons. The summed E-state index contributed by atoms with van der Waals surface area (Å²) in [6.45, 7) is 5.23. The Balaban J connectivity index is 2.03. The quantitative estimate of drug-likeness (QED) is 0.792. The van der Waals surface area contributed by atoms with Gasteiger partial charge in [0.2, 0.25) is 0 Å². The van der Waals surface area contributed by atoms with Crippen LogP contribution < -0.4 is 5.32 Å². The van der Waals surface area contributed by atoms with Gasteiger partial charge in [-0.15, -0.1) is 11.3 Å². The molecular weight excluding hydrogens is 318 g/mol. The summed E-state index contributed by atoms with van der Waals surface area (Å²) in [5.41, 5.74) is 1.26. The van der Waals surface area contributed by atoms with Gasteiger partial charge >= 0.3 is 0 Å². The van der Waals surface area contributed by atoms with Gasteiger partial charge in [-0.1, -0.05) is 48.0 Å². The van der Waals surface area contributed by atoms with Gasteiger partial charge in [-0.2, -0.15) is 0 Å². The van der Waals surface area contributed by atoms with Gasteiger partial charge in [-0.3, -0.25) is 0 Å². The molecule has 0 saturated heterocycles. The van der Waals surface area contributed by atoms with Crippen molar-refractivity contribution < 1.29 is 0 Å². The van der Waals surface area contributed by atoms with Gasteiger partial charge in [0.1, 0.15) is 0 Å². The number of halogens is 1. The van der Waals surface area contributed by atoms with Crippen molar-refractivity contribution in [3.05, 3.63) is 51.8 Å². The van der Waals surface area contributed by atoms with Gasteiger partial charge in [0.15, 0.2) is 0 Å². The van der Waals surface area contributed by atoms with E-state index >= 15 is 0 Å². The molecule has 0 atom stereocenters. The number of hydrogen-bond donors (Lipinski definition) is 1. The molecule has 3 heteroatoms. The molecule has 1 N–H and O–H groups in total. The summed E-state index contributed by atoms with van der Waals surface area (Å²) in [6, 6.07) is 13.3. The van der Waals surface area contributed by atoms with E-state index in [9.17, 15) is 0 Å². The molecule has 1 aromatic heterocycles. The zero-order valence-electron chi connectivity index (χ0n) is 11.2. The van der Waals surface area contributed by atoms with Crippen LogP contribution in [0.5, 0.6) is 0 Å².